The van der Waals surface area contributed by atoms with Crippen molar-refractivity contribution in [1.29, 1.82) is 0 Å². The number of aromatic nitrogens is 1. The summed E-state index contributed by atoms with van der Waals surface area (Å²) in [6, 6.07) is 11.0. The number of aryl methyl sites for hydroxylation is 1. The van der Waals surface area contributed by atoms with Crippen molar-refractivity contribution >= 4 is 11.3 Å². The molecule has 0 spiro atoms. The monoisotopic (exact) mass is 301 g/mol. The molecule has 1 aromatic heterocycles. The molecule has 2 heterocycles. The summed E-state index contributed by atoms with van der Waals surface area (Å²) in [5, 5.41) is 4.70. The van der Waals surface area contributed by atoms with Crippen LogP contribution in [0.5, 0.6) is 0 Å². The highest BCUT2D eigenvalue weighted by atomic mass is 32.1. The van der Waals surface area contributed by atoms with Crippen molar-refractivity contribution in [3.63, 3.8) is 0 Å². The number of thiazole rings is 1. The van der Waals surface area contributed by atoms with Crippen LogP contribution in [0.1, 0.15) is 29.3 Å². The molecule has 4 heteroatoms. The van der Waals surface area contributed by atoms with Crippen LogP contribution in [0.2, 0.25) is 0 Å². The van der Waals surface area contributed by atoms with E-state index in [1.807, 2.05) is 11.3 Å². The Hall–Kier alpha value is -1.23. The van der Waals surface area contributed by atoms with Crippen molar-refractivity contribution in [3.05, 3.63) is 40.2 Å². The molecule has 3 rings (SSSR count). The Morgan fingerprint density at radius 1 is 1.24 bits per heavy atom. The third-order valence-corrected chi connectivity index (χ3v) is 5.20. The molecule has 1 aromatic carbocycles. The van der Waals surface area contributed by atoms with Gasteiger partial charge in [0.2, 0.25) is 0 Å². The van der Waals surface area contributed by atoms with Gasteiger partial charge in [0, 0.05) is 36.6 Å². The van der Waals surface area contributed by atoms with E-state index in [1.54, 1.807) is 0 Å². The molecule has 3 nitrogen and oxygen atoms in total. The highest BCUT2D eigenvalue weighted by Crippen LogP contribution is 2.34. The second-order valence-corrected chi connectivity index (χ2v) is 6.77. The maximum Gasteiger partial charge on any atom is 0.111 e. The fourth-order valence-electron chi connectivity index (χ4n) is 3.01. The summed E-state index contributed by atoms with van der Waals surface area (Å²) in [5.74, 6) is 0. The third kappa shape index (κ3) is 3.18. The molecular formula is C17H23N3S. The number of hydrogen-bond donors (Lipinski definition) is 1. The molecule has 1 aliphatic heterocycles. The Kier molecular flexibility index (Phi) is 4.68. The number of rotatable bonds is 4. The normalized spacial score (nSPS) is 17.8. The lowest BCUT2D eigenvalue weighted by Gasteiger charge is -2.33. The van der Waals surface area contributed by atoms with E-state index < -0.39 is 0 Å². The number of benzene rings is 1. The molecule has 1 aliphatic rings. The Bertz CT molecular complexity index is 573. The van der Waals surface area contributed by atoms with Crippen LogP contribution < -0.4 is 5.32 Å². The van der Waals surface area contributed by atoms with Gasteiger partial charge in [0.25, 0.3) is 0 Å². The largest absolute Gasteiger partial charge is 0.314 e. The maximum atomic E-state index is 4.98. The van der Waals surface area contributed by atoms with E-state index in [9.17, 15) is 0 Å². The first-order valence-corrected chi connectivity index (χ1v) is 8.58. The third-order valence-electron chi connectivity index (χ3n) is 4.12. The lowest BCUT2D eigenvalue weighted by molar-refractivity contribution is 0.169. The van der Waals surface area contributed by atoms with Crippen LogP contribution in [-0.4, -0.2) is 36.1 Å². The van der Waals surface area contributed by atoms with Gasteiger partial charge in [-0.25, -0.2) is 4.98 Å². The van der Waals surface area contributed by atoms with Gasteiger partial charge in [-0.3, -0.25) is 4.90 Å². The van der Waals surface area contributed by atoms with Crippen molar-refractivity contribution in [2.75, 3.05) is 26.2 Å². The minimum Gasteiger partial charge on any atom is -0.314 e. The Labute approximate surface area is 131 Å². The first kappa shape index (κ1) is 14.7. The second kappa shape index (κ2) is 6.69. The summed E-state index contributed by atoms with van der Waals surface area (Å²) in [6.45, 7) is 8.88. The quantitative estimate of drug-likeness (QED) is 0.937. The molecule has 1 fully saturated rings. The van der Waals surface area contributed by atoms with E-state index in [0.29, 0.717) is 6.04 Å². The van der Waals surface area contributed by atoms with Crippen LogP contribution in [-0.2, 0) is 0 Å². The van der Waals surface area contributed by atoms with Gasteiger partial charge in [-0.1, -0.05) is 37.3 Å². The molecule has 1 atom stereocenters. The van der Waals surface area contributed by atoms with Crippen molar-refractivity contribution in [2.45, 2.75) is 26.3 Å². The topological polar surface area (TPSA) is 28.2 Å². The van der Waals surface area contributed by atoms with Gasteiger partial charge in [-0.15, -0.1) is 11.3 Å². The predicted molar refractivity (Wildman–Crippen MR) is 89.8 cm³/mol. The van der Waals surface area contributed by atoms with Crippen LogP contribution in [0.4, 0.5) is 0 Å². The molecule has 0 bridgehead atoms. The number of piperazine rings is 1. The van der Waals surface area contributed by atoms with E-state index in [2.05, 4.69) is 54.4 Å². The van der Waals surface area contributed by atoms with Crippen LogP contribution in [0.15, 0.2) is 30.3 Å². The maximum absolute atomic E-state index is 4.98. The molecular weight excluding hydrogens is 278 g/mol. The summed E-state index contributed by atoms with van der Waals surface area (Å²) < 4.78 is 0. The zero-order chi connectivity index (χ0) is 14.7. The van der Waals surface area contributed by atoms with Crippen LogP contribution in [0.3, 0.4) is 0 Å². The minimum absolute atomic E-state index is 0.466. The summed E-state index contributed by atoms with van der Waals surface area (Å²) in [7, 11) is 0. The summed E-state index contributed by atoms with van der Waals surface area (Å²) in [6.07, 6.45) is 1.13. The van der Waals surface area contributed by atoms with Gasteiger partial charge in [-0.2, -0.15) is 0 Å². The number of hydrogen-bond acceptors (Lipinski definition) is 4. The summed E-state index contributed by atoms with van der Waals surface area (Å²) >= 11 is 1.86. The van der Waals surface area contributed by atoms with Gasteiger partial charge in [0.05, 0.1) is 11.7 Å². The Morgan fingerprint density at radius 3 is 2.62 bits per heavy atom. The van der Waals surface area contributed by atoms with E-state index in [1.165, 1.54) is 15.4 Å². The number of nitrogens with zero attached hydrogens (tertiary/aromatic N) is 2. The molecule has 0 aliphatic carbocycles. The van der Waals surface area contributed by atoms with Crippen molar-refractivity contribution in [3.8, 4) is 11.3 Å². The van der Waals surface area contributed by atoms with Crippen molar-refractivity contribution < 1.29 is 0 Å². The van der Waals surface area contributed by atoms with E-state index >= 15 is 0 Å². The molecule has 112 valence electrons. The summed E-state index contributed by atoms with van der Waals surface area (Å²) in [4.78, 5) is 8.88. The van der Waals surface area contributed by atoms with Gasteiger partial charge < -0.3 is 5.32 Å². The van der Waals surface area contributed by atoms with E-state index in [0.717, 1.165) is 38.3 Å². The molecule has 1 unspecified atom stereocenters. The van der Waals surface area contributed by atoms with Crippen LogP contribution in [0.25, 0.3) is 11.3 Å². The lowest BCUT2D eigenvalue weighted by Crippen LogP contribution is -2.45. The molecule has 2 aromatic rings. The standard InChI is InChI=1S/C17H23N3S/c1-3-15(20-11-9-18-10-12-20)17-19-16(13(2)21-17)14-7-5-4-6-8-14/h4-8,15,18H,3,9-12H2,1-2H3. The van der Waals surface area contributed by atoms with Gasteiger partial charge in [0.15, 0.2) is 0 Å². The minimum atomic E-state index is 0.466. The fraction of sp³-hybridized carbons (Fsp3) is 0.471. The average Bonchev–Trinajstić information content (AvgIpc) is 2.92. The van der Waals surface area contributed by atoms with Gasteiger partial charge >= 0.3 is 0 Å². The first-order valence-electron chi connectivity index (χ1n) is 7.77. The van der Waals surface area contributed by atoms with Crippen LogP contribution >= 0.6 is 11.3 Å². The highest BCUT2D eigenvalue weighted by molar-refractivity contribution is 7.12. The first-order chi connectivity index (χ1) is 10.3. The average molecular weight is 301 g/mol. The zero-order valence-electron chi connectivity index (χ0n) is 12.8. The van der Waals surface area contributed by atoms with Gasteiger partial charge in [-0.05, 0) is 13.3 Å². The molecule has 0 saturated carbocycles. The number of nitrogens with one attached hydrogen (secondary N) is 1. The zero-order valence-corrected chi connectivity index (χ0v) is 13.6. The smallest absolute Gasteiger partial charge is 0.111 e. The predicted octanol–water partition coefficient (Wildman–Crippen LogP) is 3.47. The van der Waals surface area contributed by atoms with Crippen molar-refractivity contribution in [2.24, 2.45) is 0 Å². The van der Waals surface area contributed by atoms with Crippen molar-refractivity contribution in [1.82, 2.24) is 15.2 Å². The molecule has 1 N–H and O–H groups in total. The molecule has 1 saturated heterocycles. The van der Waals surface area contributed by atoms with E-state index in [4.69, 9.17) is 4.98 Å². The highest BCUT2D eigenvalue weighted by Gasteiger charge is 2.24. The second-order valence-electron chi connectivity index (χ2n) is 5.53. The van der Waals surface area contributed by atoms with E-state index in [-0.39, 0.29) is 0 Å². The lowest BCUT2D eigenvalue weighted by atomic mass is 10.1. The molecule has 21 heavy (non-hydrogen) atoms. The Balaban J connectivity index is 1.88. The SMILES string of the molecule is CCC(c1nc(-c2ccccc2)c(C)s1)N1CCNCC1. The summed E-state index contributed by atoms with van der Waals surface area (Å²) in [5.41, 5.74) is 2.39. The fourth-order valence-corrected chi connectivity index (χ4v) is 4.17. The van der Waals surface area contributed by atoms with Crippen LogP contribution in [0, 0.1) is 6.92 Å². The molecule has 0 radical (unpaired) electrons. The Morgan fingerprint density at radius 2 is 1.95 bits per heavy atom. The van der Waals surface area contributed by atoms with Gasteiger partial charge in [0.1, 0.15) is 5.01 Å². The molecule has 0 amide bonds.